The molecule has 5 nitrogen and oxygen atoms in total. The number of aromatic hydroxyl groups is 1. The third-order valence-electron chi connectivity index (χ3n) is 4.55. The summed E-state index contributed by atoms with van der Waals surface area (Å²) in [4.78, 5) is 25.9. The number of carbonyl (C=O) groups is 2. The molecule has 142 valence electrons. The van der Waals surface area contributed by atoms with Crippen LogP contribution in [0.1, 0.15) is 18.1 Å². The zero-order valence-electron chi connectivity index (χ0n) is 14.7. The van der Waals surface area contributed by atoms with Gasteiger partial charge in [0.2, 0.25) is 5.91 Å². The largest absolute Gasteiger partial charge is 0.503 e. The average Bonchev–Trinajstić information content (AvgIpc) is 3.00. The van der Waals surface area contributed by atoms with Gasteiger partial charge in [-0.1, -0.05) is 37.3 Å². The highest BCUT2D eigenvalue weighted by Gasteiger charge is 2.39. The van der Waals surface area contributed by atoms with Crippen LogP contribution in [-0.4, -0.2) is 34.7 Å². The Morgan fingerprint density at radius 3 is 2.48 bits per heavy atom. The molecule has 0 saturated carbocycles. The predicted octanol–water partition coefficient (Wildman–Crippen LogP) is 3.44. The Hall–Kier alpha value is -2.96. The molecular weight excluding hydrogens is 356 g/mol. The van der Waals surface area contributed by atoms with Gasteiger partial charge in [-0.15, -0.1) is 0 Å². The summed E-state index contributed by atoms with van der Waals surface area (Å²) in [5, 5.41) is 9.17. The van der Waals surface area contributed by atoms with Crippen LogP contribution in [0.3, 0.4) is 0 Å². The monoisotopic (exact) mass is 375 g/mol. The Kier molecular flexibility index (Phi) is 5.39. The fourth-order valence-electron chi connectivity index (χ4n) is 3.18. The standard InChI is InChI=1S/C20H19F2NO4/c1-12(7-14-9-16(21)18(24)17(22)10-14)19(25)23-15(11-27-20(23)26)8-13-5-3-2-4-6-13/h2-6,9-10,12,15,24H,7-8,11H2,1H3/t12-,15-/m1/s1. The van der Waals surface area contributed by atoms with Crippen LogP contribution in [0, 0.1) is 17.6 Å². The number of cyclic esters (lactones) is 1. The van der Waals surface area contributed by atoms with Crippen LogP contribution in [0.25, 0.3) is 0 Å². The van der Waals surface area contributed by atoms with Crippen LogP contribution >= 0.6 is 0 Å². The van der Waals surface area contributed by atoms with Crippen molar-refractivity contribution in [3.05, 3.63) is 65.2 Å². The van der Waals surface area contributed by atoms with Crippen LogP contribution in [0.2, 0.25) is 0 Å². The van der Waals surface area contributed by atoms with E-state index < -0.39 is 41.3 Å². The molecule has 2 aromatic rings. The molecule has 1 fully saturated rings. The Bertz CT molecular complexity index is 833. The lowest BCUT2D eigenvalue weighted by Gasteiger charge is -2.23. The van der Waals surface area contributed by atoms with E-state index in [1.165, 1.54) is 0 Å². The summed E-state index contributed by atoms with van der Waals surface area (Å²) in [6, 6.07) is 10.9. The molecule has 2 amide bonds. The lowest BCUT2D eigenvalue weighted by atomic mass is 9.98. The first-order chi connectivity index (χ1) is 12.9. The van der Waals surface area contributed by atoms with Gasteiger partial charge in [0.05, 0.1) is 6.04 Å². The Morgan fingerprint density at radius 1 is 1.22 bits per heavy atom. The van der Waals surface area contributed by atoms with Crippen molar-refractivity contribution >= 4 is 12.0 Å². The highest BCUT2D eigenvalue weighted by molar-refractivity contribution is 5.94. The molecular formula is C20H19F2NO4. The molecule has 2 atom stereocenters. The first-order valence-electron chi connectivity index (χ1n) is 8.57. The third-order valence-corrected chi connectivity index (χ3v) is 4.55. The molecule has 2 aromatic carbocycles. The van der Waals surface area contributed by atoms with Crippen LogP contribution in [0.5, 0.6) is 5.75 Å². The summed E-state index contributed by atoms with van der Waals surface area (Å²) < 4.78 is 32.0. The van der Waals surface area contributed by atoms with E-state index in [1.807, 2.05) is 30.3 Å². The second-order valence-corrected chi connectivity index (χ2v) is 6.64. The number of nitrogens with zero attached hydrogens (tertiary/aromatic N) is 1. The number of imide groups is 1. The summed E-state index contributed by atoms with van der Waals surface area (Å²) in [5.74, 6) is -4.40. The van der Waals surface area contributed by atoms with Gasteiger partial charge in [0, 0.05) is 5.92 Å². The maximum atomic E-state index is 13.5. The van der Waals surface area contributed by atoms with Gasteiger partial charge in [0.1, 0.15) is 6.61 Å². The first-order valence-corrected chi connectivity index (χ1v) is 8.57. The third kappa shape index (κ3) is 4.07. The van der Waals surface area contributed by atoms with Gasteiger partial charge in [-0.05, 0) is 36.1 Å². The molecule has 7 heteroatoms. The van der Waals surface area contributed by atoms with Crippen LogP contribution in [0.4, 0.5) is 13.6 Å². The molecule has 1 heterocycles. The topological polar surface area (TPSA) is 66.8 Å². The Morgan fingerprint density at radius 2 is 1.85 bits per heavy atom. The van der Waals surface area contributed by atoms with E-state index in [2.05, 4.69) is 0 Å². The second-order valence-electron chi connectivity index (χ2n) is 6.64. The minimum absolute atomic E-state index is 0.0226. The summed E-state index contributed by atoms with van der Waals surface area (Å²) in [6.45, 7) is 1.69. The molecule has 0 aliphatic carbocycles. The molecule has 1 N–H and O–H groups in total. The molecule has 0 unspecified atom stereocenters. The number of hydrogen-bond donors (Lipinski definition) is 1. The molecule has 0 bridgehead atoms. The molecule has 3 rings (SSSR count). The molecule has 1 saturated heterocycles. The number of rotatable bonds is 5. The summed E-state index contributed by atoms with van der Waals surface area (Å²) in [5.41, 5.74) is 1.18. The zero-order chi connectivity index (χ0) is 19.6. The first kappa shape index (κ1) is 18.8. The zero-order valence-corrected chi connectivity index (χ0v) is 14.7. The van der Waals surface area contributed by atoms with Gasteiger partial charge in [-0.3, -0.25) is 4.79 Å². The maximum Gasteiger partial charge on any atom is 0.416 e. The van der Waals surface area contributed by atoms with Crippen molar-refractivity contribution in [2.45, 2.75) is 25.8 Å². The number of ether oxygens (including phenoxy) is 1. The minimum Gasteiger partial charge on any atom is -0.503 e. The SMILES string of the molecule is C[C@H](Cc1cc(F)c(O)c(F)c1)C(=O)N1C(=O)OC[C@H]1Cc1ccccc1. The van der Waals surface area contributed by atoms with E-state index in [1.54, 1.807) is 6.92 Å². The molecule has 0 aromatic heterocycles. The summed E-state index contributed by atoms with van der Waals surface area (Å²) >= 11 is 0. The van der Waals surface area contributed by atoms with Gasteiger partial charge >= 0.3 is 6.09 Å². The average molecular weight is 375 g/mol. The highest BCUT2D eigenvalue weighted by Crippen LogP contribution is 2.25. The highest BCUT2D eigenvalue weighted by atomic mass is 19.1. The predicted molar refractivity (Wildman–Crippen MR) is 93.0 cm³/mol. The van der Waals surface area contributed by atoms with Crippen LogP contribution in [0.15, 0.2) is 42.5 Å². The number of phenolic OH excluding ortho intramolecular Hbond substituents is 1. The smallest absolute Gasteiger partial charge is 0.416 e. The van der Waals surface area contributed by atoms with E-state index in [0.717, 1.165) is 22.6 Å². The van der Waals surface area contributed by atoms with Crippen molar-refractivity contribution < 1.29 is 28.2 Å². The summed E-state index contributed by atoms with van der Waals surface area (Å²) in [7, 11) is 0. The number of halogens is 2. The number of amides is 2. The number of phenols is 1. The van der Waals surface area contributed by atoms with Gasteiger partial charge in [0.15, 0.2) is 17.4 Å². The lowest BCUT2D eigenvalue weighted by molar-refractivity contribution is -0.132. The molecule has 0 spiro atoms. The minimum atomic E-state index is -1.09. The lowest BCUT2D eigenvalue weighted by Crippen LogP contribution is -2.43. The number of carbonyl (C=O) groups excluding carboxylic acids is 2. The molecule has 1 aliphatic rings. The number of benzene rings is 2. The number of hydrogen-bond acceptors (Lipinski definition) is 4. The van der Waals surface area contributed by atoms with Gasteiger partial charge in [-0.25, -0.2) is 18.5 Å². The van der Waals surface area contributed by atoms with Crippen LogP contribution in [-0.2, 0) is 22.4 Å². The van der Waals surface area contributed by atoms with Crippen molar-refractivity contribution in [1.29, 1.82) is 0 Å². The van der Waals surface area contributed by atoms with Crippen molar-refractivity contribution in [3.63, 3.8) is 0 Å². The fraction of sp³-hybridized carbons (Fsp3) is 0.300. The quantitative estimate of drug-likeness (QED) is 0.869. The van der Waals surface area contributed by atoms with Gasteiger partial charge in [0.25, 0.3) is 0 Å². The van der Waals surface area contributed by atoms with E-state index in [0.29, 0.717) is 6.42 Å². The van der Waals surface area contributed by atoms with Crippen molar-refractivity contribution in [2.75, 3.05) is 6.61 Å². The maximum absolute atomic E-state index is 13.5. The van der Waals surface area contributed by atoms with Crippen molar-refractivity contribution in [3.8, 4) is 5.75 Å². The Balaban J connectivity index is 1.73. The normalized spacial score (nSPS) is 17.7. The van der Waals surface area contributed by atoms with E-state index in [-0.39, 0.29) is 18.6 Å². The fourth-order valence-corrected chi connectivity index (χ4v) is 3.18. The van der Waals surface area contributed by atoms with Crippen LogP contribution < -0.4 is 0 Å². The van der Waals surface area contributed by atoms with E-state index >= 15 is 0 Å². The van der Waals surface area contributed by atoms with Crippen molar-refractivity contribution in [2.24, 2.45) is 5.92 Å². The Labute approximate surface area is 155 Å². The summed E-state index contributed by atoms with van der Waals surface area (Å²) in [6.07, 6.45) is -0.224. The molecule has 1 aliphatic heterocycles. The van der Waals surface area contributed by atoms with Gasteiger partial charge < -0.3 is 9.84 Å². The second kappa shape index (κ2) is 7.73. The molecule has 0 radical (unpaired) electrons. The molecule has 27 heavy (non-hydrogen) atoms. The van der Waals surface area contributed by atoms with E-state index in [4.69, 9.17) is 9.84 Å². The van der Waals surface area contributed by atoms with Gasteiger partial charge in [-0.2, -0.15) is 0 Å². The van der Waals surface area contributed by atoms with E-state index in [9.17, 15) is 18.4 Å². The van der Waals surface area contributed by atoms with Crippen molar-refractivity contribution in [1.82, 2.24) is 4.90 Å².